The van der Waals surface area contributed by atoms with Gasteiger partial charge in [-0.25, -0.2) is 0 Å². The normalized spacial score (nSPS) is 25.2. The Bertz CT molecular complexity index is 206. The van der Waals surface area contributed by atoms with Crippen LogP contribution in [0.2, 0.25) is 0 Å². The molecule has 1 aliphatic rings. The SMILES string of the molecule is CCCNC(=S)NCC1(OC)CCOC1. The third-order valence-corrected chi connectivity index (χ3v) is 2.90. The van der Waals surface area contributed by atoms with E-state index in [0.717, 1.165) is 26.0 Å². The number of ether oxygens (including phenoxy) is 2. The molecule has 1 atom stereocenters. The standard InChI is InChI=1S/C10H20N2O2S/c1-3-5-11-9(15)12-7-10(13-2)4-6-14-8-10/h3-8H2,1-2H3,(H2,11,12,15). The lowest BCUT2D eigenvalue weighted by molar-refractivity contribution is -0.0126. The van der Waals surface area contributed by atoms with E-state index in [4.69, 9.17) is 21.7 Å². The largest absolute Gasteiger partial charge is 0.378 e. The second-order valence-electron chi connectivity index (χ2n) is 3.80. The van der Waals surface area contributed by atoms with Gasteiger partial charge in [0.25, 0.3) is 0 Å². The highest BCUT2D eigenvalue weighted by Crippen LogP contribution is 2.21. The number of rotatable bonds is 5. The second kappa shape index (κ2) is 6.25. The van der Waals surface area contributed by atoms with E-state index in [2.05, 4.69) is 17.6 Å². The van der Waals surface area contributed by atoms with Crippen molar-refractivity contribution in [2.24, 2.45) is 0 Å². The zero-order chi connectivity index (χ0) is 11.1. The van der Waals surface area contributed by atoms with Crippen LogP contribution >= 0.6 is 12.2 Å². The molecular formula is C10H20N2O2S. The first-order valence-corrected chi connectivity index (χ1v) is 5.78. The average Bonchev–Trinajstić information content (AvgIpc) is 2.73. The van der Waals surface area contributed by atoms with Crippen LogP contribution in [0.4, 0.5) is 0 Å². The zero-order valence-electron chi connectivity index (χ0n) is 9.47. The molecule has 0 amide bonds. The molecule has 1 aliphatic heterocycles. The van der Waals surface area contributed by atoms with E-state index in [9.17, 15) is 0 Å². The van der Waals surface area contributed by atoms with E-state index in [1.807, 2.05) is 0 Å². The molecule has 0 aromatic rings. The predicted octanol–water partition coefficient (Wildman–Crippen LogP) is 0.666. The van der Waals surface area contributed by atoms with E-state index < -0.39 is 0 Å². The molecule has 0 aromatic heterocycles. The lowest BCUT2D eigenvalue weighted by Gasteiger charge is -2.26. The van der Waals surface area contributed by atoms with Gasteiger partial charge in [0.2, 0.25) is 0 Å². The molecule has 1 saturated heterocycles. The van der Waals surface area contributed by atoms with E-state index in [-0.39, 0.29) is 5.60 Å². The van der Waals surface area contributed by atoms with Crippen LogP contribution in [-0.4, -0.2) is 44.1 Å². The predicted molar refractivity (Wildman–Crippen MR) is 64.1 cm³/mol. The van der Waals surface area contributed by atoms with Crippen molar-refractivity contribution >= 4 is 17.3 Å². The number of nitrogens with one attached hydrogen (secondary N) is 2. The van der Waals surface area contributed by atoms with Crippen molar-refractivity contribution in [1.29, 1.82) is 0 Å². The average molecular weight is 232 g/mol. The van der Waals surface area contributed by atoms with Gasteiger partial charge in [0.15, 0.2) is 5.11 Å². The summed E-state index contributed by atoms with van der Waals surface area (Å²) in [6.07, 6.45) is 1.99. The molecule has 15 heavy (non-hydrogen) atoms. The highest BCUT2D eigenvalue weighted by molar-refractivity contribution is 7.80. The summed E-state index contributed by atoms with van der Waals surface area (Å²) in [5.41, 5.74) is -0.196. The molecule has 0 bridgehead atoms. The van der Waals surface area contributed by atoms with Crippen LogP contribution in [0.15, 0.2) is 0 Å². The van der Waals surface area contributed by atoms with Gasteiger partial charge in [0.05, 0.1) is 6.61 Å². The fraction of sp³-hybridized carbons (Fsp3) is 0.900. The Hall–Kier alpha value is -0.390. The zero-order valence-corrected chi connectivity index (χ0v) is 10.3. The van der Waals surface area contributed by atoms with Crippen molar-refractivity contribution in [3.63, 3.8) is 0 Å². The van der Waals surface area contributed by atoms with Crippen LogP contribution in [0, 0.1) is 0 Å². The fourth-order valence-electron chi connectivity index (χ4n) is 1.50. The molecule has 1 heterocycles. The minimum atomic E-state index is -0.196. The summed E-state index contributed by atoms with van der Waals surface area (Å²) < 4.78 is 10.8. The molecule has 0 radical (unpaired) electrons. The first-order chi connectivity index (χ1) is 7.22. The molecule has 0 aromatic carbocycles. The molecule has 1 fully saturated rings. The Morgan fingerprint density at radius 1 is 1.53 bits per heavy atom. The van der Waals surface area contributed by atoms with E-state index >= 15 is 0 Å². The lowest BCUT2D eigenvalue weighted by Crippen LogP contribution is -2.47. The first-order valence-electron chi connectivity index (χ1n) is 5.37. The van der Waals surface area contributed by atoms with Gasteiger partial charge in [-0.1, -0.05) is 6.92 Å². The van der Waals surface area contributed by atoms with Gasteiger partial charge in [0.1, 0.15) is 5.60 Å². The summed E-state index contributed by atoms with van der Waals surface area (Å²) in [7, 11) is 1.72. The molecule has 0 aliphatic carbocycles. The molecule has 4 nitrogen and oxygen atoms in total. The third-order valence-electron chi connectivity index (χ3n) is 2.61. The van der Waals surface area contributed by atoms with Gasteiger partial charge in [-0.2, -0.15) is 0 Å². The summed E-state index contributed by atoms with van der Waals surface area (Å²) >= 11 is 5.13. The van der Waals surface area contributed by atoms with E-state index in [1.54, 1.807) is 7.11 Å². The van der Waals surface area contributed by atoms with Crippen molar-refractivity contribution in [1.82, 2.24) is 10.6 Å². The lowest BCUT2D eigenvalue weighted by atomic mass is 10.0. The molecule has 1 unspecified atom stereocenters. The summed E-state index contributed by atoms with van der Waals surface area (Å²) in [5.74, 6) is 0. The summed E-state index contributed by atoms with van der Waals surface area (Å²) in [6.45, 7) is 5.13. The van der Waals surface area contributed by atoms with Crippen molar-refractivity contribution in [3.8, 4) is 0 Å². The fourth-order valence-corrected chi connectivity index (χ4v) is 1.68. The van der Waals surface area contributed by atoms with Crippen molar-refractivity contribution < 1.29 is 9.47 Å². The number of hydrogen-bond donors (Lipinski definition) is 2. The van der Waals surface area contributed by atoms with Gasteiger partial charge >= 0.3 is 0 Å². The molecule has 0 saturated carbocycles. The van der Waals surface area contributed by atoms with Crippen LogP contribution < -0.4 is 10.6 Å². The van der Waals surface area contributed by atoms with Gasteiger partial charge < -0.3 is 20.1 Å². The van der Waals surface area contributed by atoms with Crippen LogP contribution in [0.1, 0.15) is 19.8 Å². The number of methoxy groups -OCH3 is 1. The Morgan fingerprint density at radius 2 is 2.33 bits per heavy atom. The van der Waals surface area contributed by atoms with Crippen LogP contribution in [0.5, 0.6) is 0 Å². The van der Waals surface area contributed by atoms with Crippen molar-refractivity contribution in [2.75, 3.05) is 33.4 Å². The van der Waals surface area contributed by atoms with Crippen LogP contribution in [0.25, 0.3) is 0 Å². The Kier molecular flexibility index (Phi) is 5.28. The maximum atomic E-state index is 5.48. The molecular weight excluding hydrogens is 212 g/mol. The summed E-state index contributed by atoms with van der Waals surface area (Å²) in [4.78, 5) is 0. The monoisotopic (exact) mass is 232 g/mol. The van der Waals surface area contributed by atoms with Crippen LogP contribution in [-0.2, 0) is 9.47 Å². The summed E-state index contributed by atoms with van der Waals surface area (Å²) in [6, 6.07) is 0. The summed E-state index contributed by atoms with van der Waals surface area (Å²) in [5, 5.41) is 6.98. The maximum Gasteiger partial charge on any atom is 0.166 e. The first kappa shape index (κ1) is 12.7. The van der Waals surface area contributed by atoms with Gasteiger partial charge in [-0.3, -0.25) is 0 Å². The minimum absolute atomic E-state index is 0.196. The molecule has 2 N–H and O–H groups in total. The Balaban J connectivity index is 2.25. The molecule has 1 rings (SSSR count). The van der Waals surface area contributed by atoms with E-state index in [1.165, 1.54) is 0 Å². The van der Waals surface area contributed by atoms with E-state index in [0.29, 0.717) is 18.3 Å². The minimum Gasteiger partial charge on any atom is -0.378 e. The molecule has 88 valence electrons. The number of hydrogen-bond acceptors (Lipinski definition) is 3. The van der Waals surface area contributed by atoms with Crippen LogP contribution in [0.3, 0.4) is 0 Å². The highest BCUT2D eigenvalue weighted by Gasteiger charge is 2.34. The third kappa shape index (κ3) is 3.93. The smallest absolute Gasteiger partial charge is 0.166 e. The van der Waals surface area contributed by atoms with Gasteiger partial charge in [0, 0.05) is 33.2 Å². The molecule has 5 heteroatoms. The topological polar surface area (TPSA) is 42.5 Å². The molecule has 0 spiro atoms. The van der Waals surface area contributed by atoms with Gasteiger partial charge in [-0.15, -0.1) is 0 Å². The number of thiocarbonyl (C=S) groups is 1. The quantitative estimate of drug-likeness (QED) is 0.682. The Morgan fingerprint density at radius 3 is 2.87 bits per heavy atom. The van der Waals surface area contributed by atoms with Crippen molar-refractivity contribution in [2.45, 2.75) is 25.4 Å². The maximum absolute atomic E-state index is 5.48. The second-order valence-corrected chi connectivity index (χ2v) is 4.21. The van der Waals surface area contributed by atoms with Gasteiger partial charge in [-0.05, 0) is 18.6 Å². The highest BCUT2D eigenvalue weighted by atomic mass is 32.1. The Labute approximate surface area is 96.7 Å². The van der Waals surface area contributed by atoms with Crippen molar-refractivity contribution in [3.05, 3.63) is 0 Å².